The van der Waals surface area contributed by atoms with Crippen LogP contribution in [0.15, 0.2) is 53.7 Å². The second-order valence-corrected chi connectivity index (χ2v) is 6.69. The molecule has 3 rings (SSSR count). The quantitative estimate of drug-likeness (QED) is 0.861. The summed E-state index contributed by atoms with van der Waals surface area (Å²) in [5.41, 5.74) is 2.05. The first kappa shape index (κ1) is 16.0. The summed E-state index contributed by atoms with van der Waals surface area (Å²) in [6.07, 6.45) is 5.44. The van der Waals surface area contributed by atoms with Crippen molar-refractivity contribution < 1.29 is 9.69 Å². The Labute approximate surface area is 141 Å². The number of piperazine rings is 1. The zero-order chi connectivity index (χ0) is 16.1. The van der Waals surface area contributed by atoms with Crippen molar-refractivity contribution in [2.24, 2.45) is 0 Å². The van der Waals surface area contributed by atoms with Gasteiger partial charge in [-0.3, -0.25) is 9.78 Å². The fourth-order valence-corrected chi connectivity index (χ4v) is 3.31. The SMILES string of the molecule is CSc1ccc(C[NH+]2CCN(C(=O)c3cccnc3)CC2)cc1. The predicted molar refractivity (Wildman–Crippen MR) is 92.8 cm³/mol. The molecule has 5 heteroatoms. The maximum atomic E-state index is 12.4. The van der Waals surface area contributed by atoms with Gasteiger partial charge in [-0.25, -0.2) is 0 Å². The number of aromatic nitrogens is 1. The largest absolute Gasteiger partial charge is 0.328 e. The Kier molecular flexibility index (Phi) is 5.31. The zero-order valence-corrected chi connectivity index (χ0v) is 14.2. The molecule has 2 heterocycles. The fourth-order valence-electron chi connectivity index (χ4n) is 2.91. The number of hydrogen-bond donors (Lipinski definition) is 1. The molecule has 1 N–H and O–H groups in total. The van der Waals surface area contributed by atoms with Crippen LogP contribution in [0.2, 0.25) is 0 Å². The van der Waals surface area contributed by atoms with Gasteiger partial charge in [0.2, 0.25) is 0 Å². The number of hydrogen-bond acceptors (Lipinski definition) is 3. The monoisotopic (exact) mass is 328 g/mol. The first-order chi connectivity index (χ1) is 11.3. The van der Waals surface area contributed by atoms with Crippen LogP contribution in [0.3, 0.4) is 0 Å². The van der Waals surface area contributed by atoms with Crippen molar-refractivity contribution in [1.82, 2.24) is 9.88 Å². The lowest BCUT2D eigenvalue weighted by molar-refractivity contribution is -0.917. The fraction of sp³-hybridized carbons (Fsp3) is 0.333. The molecule has 4 nitrogen and oxygen atoms in total. The molecule has 0 spiro atoms. The van der Waals surface area contributed by atoms with Crippen LogP contribution in [-0.4, -0.2) is 48.2 Å². The highest BCUT2D eigenvalue weighted by atomic mass is 32.2. The third-order valence-corrected chi connectivity index (χ3v) is 5.02. The lowest BCUT2D eigenvalue weighted by Gasteiger charge is -2.32. The van der Waals surface area contributed by atoms with Crippen LogP contribution in [0.25, 0.3) is 0 Å². The van der Waals surface area contributed by atoms with E-state index in [1.54, 1.807) is 24.2 Å². The van der Waals surface area contributed by atoms with Crippen LogP contribution in [0, 0.1) is 0 Å². The summed E-state index contributed by atoms with van der Waals surface area (Å²) in [7, 11) is 0. The molecule has 1 aromatic carbocycles. The van der Waals surface area contributed by atoms with E-state index in [1.807, 2.05) is 17.0 Å². The van der Waals surface area contributed by atoms with Crippen LogP contribution in [0.5, 0.6) is 0 Å². The molecule has 1 aliphatic rings. The van der Waals surface area contributed by atoms with Crippen molar-refractivity contribution >= 4 is 17.7 Å². The first-order valence-corrected chi connectivity index (χ1v) is 9.14. The lowest BCUT2D eigenvalue weighted by Crippen LogP contribution is -3.13. The number of pyridine rings is 1. The van der Waals surface area contributed by atoms with Crippen LogP contribution < -0.4 is 4.90 Å². The summed E-state index contributed by atoms with van der Waals surface area (Å²) in [4.78, 5) is 21.2. The normalized spacial score (nSPS) is 15.6. The van der Waals surface area contributed by atoms with E-state index in [9.17, 15) is 4.79 Å². The maximum Gasteiger partial charge on any atom is 0.255 e. The molecule has 0 aliphatic carbocycles. The molecule has 0 atom stereocenters. The van der Waals surface area contributed by atoms with E-state index >= 15 is 0 Å². The van der Waals surface area contributed by atoms with E-state index in [1.165, 1.54) is 15.4 Å². The topological polar surface area (TPSA) is 37.6 Å². The van der Waals surface area contributed by atoms with Crippen molar-refractivity contribution in [3.63, 3.8) is 0 Å². The molecule has 0 saturated carbocycles. The third-order valence-electron chi connectivity index (χ3n) is 4.28. The number of nitrogens with one attached hydrogen (secondary N) is 1. The Morgan fingerprint density at radius 3 is 2.57 bits per heavy atom. The highest BCUT2D eigenvalue weighted by molar-refractivity contribution is 7.98. The Bertz CT molecular complexity index is 637. The molecule has 1 amide bonds. The third kappa shape index (κ3) is 4.12. The van der Waals surface area contributed by atoms with Gasteiger partial charge in [-0.15, -0.1) is 11.8 Å². The minimum atomic E-state index is 0.0986. The molecular weight excluding hydrogens is 306 g/mol. The summed E-state index contributed by atoms with van der Waals surface area (Å²) in [5.74, 6) is 0.0986. The molecule has 1 fully saturated rings. The van der Waals surface area contributed by atoms with Crippen LogP contribution in [-0.2, 0) is 6.54 Å². The Morgan fingerprint density at radius 2 is 1.96 bits per heavy atom. The van der Waals surface area contributed by atoms with Gasteiger partial charge in [-0.2, -0.15) is 0 Å². The van der Waals surface area contributed by atoms with Gasteiger partial charge < -0.3 is 9.80 Å². The number of benzene rings is 1. The van der Waals surface area contributed by atoms with E-state index < -0.39 is 0 Å². The number of thioether (sulfide) groups is 1. The van der Waals surface area contributed by atoms with E-state index in [-0.39, 0.29) is 5.91 Å². The van der Waals surface area contributed by atoms with Gasteiger partial charge in [0, 0.05) is 22.9 Å². The van der Waals surface area contributed by atoms with Crippen molar-refractivity contribution in [2.75, 3.05) is 32.4 Å². The van der Waals surface area contributed by atoms with Gasteiger partial charge in [0.15, 0.2) is 0 Å². The van der Waals surface area contributed by atoms with E-state index in [4.69, 9.17) is 0 Å². The summed E-state index contributed by atoms with van der Waals surface area (Å²) < 4.78 is 0. The molecule has 1 saturated heterocycles. The Hall–Kier alpha value is -1.85. The summed E-state index contributed by atoms with van der Waals surface area (Å²) in [5, 5.41) is 0. The van der Waals surface area contributed by atoms with Gasteiger partial charge >= 0.3 is 0 Å². The van der Waals surface area contributed by atoms with Crippen molar-refractivity contribution in [1.29, 1.82) is 0 Å². The van der Waals surface area contributed by atoms with Crippen molar-refractivity contribution in [3.05, 3.63) is 59.9 Å². The van der Waals surface area contributed by atoms with Gasteiger partial charge in [-0.1, -0.05) is 12.1 Å². The van der Waals surface area contributed by atoms with E-state index in [0.717, 1.165) is 32.7 Å². The minimum absolute atomic E-state index is 0.0986. The average Bonchev–Trinajstić information content (AvgIpc) is 2.63. The first-order valence-electron chi connectivity index (χ1n) is 7.92. The standard InChI is InChI=1S/C18H21N3OS/c1-23-17-6-4-15(5-7-17)14-20-9-11-21(12-10-20)18(22)16-3-2-8-19-13-16/h2-8,13H,9-12,14H2,1H3/p+1. The molecule has 1 aliphatic heterocycles. The molecule has 0 radical (unpaired) electrons. The van der Waals surface area contributed by atoms with Crippen LogP contribution in [0.1, 0.15) is 15.9 Å². The van der Waals surface area contributed by atoms with E-state index in [2.05, 4.69) is 35.5 Å². The van der Waals surface area contributed by atoms with Gasteiger partial charge in [0.1, 0.15) is 6.54 Å². The highest BCUT2D eigenvalue weighted by Gasteiger charge is 2.24. The Balaban J connectivity index is 1.53. The number of rotatable bonds is 4. The highest BCUT2D eigenvalue weighted by Crippen LogP contribution is 2.14. The van der Waals surface area contributed by atoms with Gasteiger partial charge in [0.25, 0.3) is 5.91 Å². The molecule has 23 heavy (non-hydrogen) atoms. The molecule has 1 aromatic heterocycles. The molecule has 0 bridgehead atoms. The van der Waals surface area contributed by atoms with Crippen LogP contribution >= 0.6 is 11.8 Å². The van der Waals surface area contributed by atoms with Crippen molar-refractivity contribution in [2.45, 2.75) is 11.4 Å². The summed E-state index contributed by atoms with van der Waals surface area (Å²) in [6.45, 7) is 4.65. The maximum absolute atomic E-state index is 12.4. The Morgan fingerprint density at radius 1 is 1.22 bits per heavy atom. The summed E-state index contributed by atoms with van der Waals surface area (Å²) in [6, 6.07) is 12.4. The number of nitrogens with zero attached hydrogens (tertiary/aromatic N) is 2. The van der Waals surface area contributed by atoms with Gasteiger partial charge in [-0.05, 0) is 30.5 Å². The molecule has 2 aromatic rings. The van der Waals surface area contributed by atoms with Gasteiger partial charge in [0.05, 0.1) is 31.7 Å². The smallest absolute Gasteiger partial charge is 0.255 e. The summed E-state index contributed by atoms with van der Waals surface area (Å²) >= 11 is 1.77. The van der Waals surface area contributed by atoms with E-state index in [0.29, 0.717) is 5.56 Å². The number of quaternary nitrogens is 1. The molecule has 0 unspecified atom stereocenters. The number of amides is 1. The van der Waals surface area contributed by atoms with Crippen molar-refractivity contribution in [3.8, 4) is 0 Å². The molecular formula is C18H22N3OS+. The lowest BCUT2D eigenvalue weighted by atomic mass is 10.2. The minimum Gasteiger partial charge on any atom is -0.328 e. The average molecular weight is 328 g/mol. The second-order valence-electron chi connectivity index (χ2n) is 5.81. The predicted octanol–water partition coefficient (Wildman–Crippen LogP) is 1.34. The zero-order valence-electron chi connectivity index (χ0n) is 13.4. The van der Waals surface area contributed by atoms with Crippen LogP contribution in [0.4, 0.5) is 0 Å². The number of carbonyl (C=O) groups is 1. The molecule has 120 valence electrons. The number of carbonyl (C=O) groups excluding carboxylic acids is 1. The second kappa shape index (κ2) is 7.62.